The van der Waals surface area contributed by atoms with Crippen LogP contribution in [0.3, 0.4) is 0 Å². The van der Waals surface area contributed by atoms with Gasteiger partial charge >= 0.3 is 0 Å². The fourth-order valence-corrected chi connectivity index (χ4v) is 1.78. The molecule has 0 aliphatic rings. The first kappa shape index (κ1) is 18.8. The molecule has 1 unspecified atom stereocenters. The van der Waals surface area contributed by atoms with Crippen LogP contribution in [0.1, 0.15) is 40.0 Å². The van der Waals surface area contributed by atoms with E-state index in [0.29, 0.717) is 25.2 Å². The number of nitrogens with one attached hydrogen (secondary N) is 1. The van der Waals surface area contributed by atoms with Crippen molar-refractivity contribution in [3.05, 3.63) is 0 Å². The van der Waals surface area contributed by atoms with Gasteiger partial charge in [-0.05, 0) is 25.3 Å². The van der Waals surface area contributed by atoms with E-state index >= 15 is 0 Å². The second-order valence-corrected chi connectivity index (χ2v) is 5.29. The van der Waals surface area contributed by atoms with Gasteiger partial charge in [0, 0.05) is 26.9 Å². The van der Waals surface area contributed by atoms with Crippen LogP contribution in [0.5, 0.6) is 0 Å². The van der Waals surface area contributed by atoms with Crippen molar-refractivity contribution in [2.45, 2.75) is 46.1 Å². The topological polar surface area (TPSA) is 39.7 Å². The summed E-state index contributed by atoms with van der Waals surface area (Å²) in [5.41, 5.74) is 0. The third kappa shape index (κ3) is 14.1. The zero-order valence-electron chi connectivity index (χ0n) is 13.2. The maximum absolute atomic E-state index is 5.85. The molecule has 0 rings (SSSR count). The molecule has 4 nitrogen and oxygen atoms in total. The summed E-state index contributed by atoms with van der Waals surface area (Å²) in [5, 5.41) is 3.46. The maximum atomic E-state index is 5.85. The van der Waals surface area contributed by atoms with Crippen molar-refractivity contribution >= 4 is 0 Å². The molecular formula is C15H33NO3. The number of rotatable bonds is 14. The third-order valence-electron chi connectivity index (χ3n) is 2.75. The van der Waals surface area contributed by atoms with E-state index in [1.165, 1.54) is 0 Å². The van der Waals surface area contributed by atoms with E-state index in [0.717, 1.165) is 45.6 Å². The fourth-order valence-electron chi connectivity index (χ4n) is 1.78. The molecule has 0 fully saturated rings. The monoisotopic (exact) mass is 275 g/mol. The molecule has 0 heterocycles. The predicted molar refractivity (Wildman–Crippen MR) is 79.7 cm³/mol. The number of ether oxygens (including phenoxy) is 3. The van der Waals surface area contributed by atoms with Crippen molar-refractivity contribution in [3.8, 4) is 0 Å². The van der Waals surface area contributed by atoms with Gasteiger partial charge in [0.1, 0.15) is 0 Å². The quantitative estimate of drug-likeness (QED) is 0.494. The largest absolute Gasteiger partial charge is 0.385 e. The Bertz CT molecular complexity index is 177. The summed E-state index contributed by atoms with van der Waals surface area (Å²) >= 11 is 0. The molecule has 0 radical (unpaired) electrons. The Morgan fingerprint density at radius 3 is 2.42 bits per heavy atom. The van der Waals surface area contributed by atoms with Gasteiger partial charge in [-0.15, -0.1) is 0 Å². The van der Waals surface area contributed by atoms with E-state index in [1.54, 1.807) is 7.11 Å². The SMILES string of the molecule is CCCC(CNCC(C)C)OCCOCCCOC. The highest BCUT2D eigenvalue weighted by Crippen LogP contribution is 2.01. The second-order valence-electron chi connectivity index (χ2n) is 5.29. The molecule has 116 valence electrons. The molecule has 0 saturated heterocycles. The lowest BCUT2D eigenvalue weighted by Gasteiger charge is -2.18. The lowest BCUT2D eigenvalue weighted by atomic mass is 10.2. The molecule has 0 aromatic heterocycles. The van der Waals surface area contributed by atoms with Crippen LogP contribution in [-0.2, 0) is 14.2 Å². The van der Waals surface area contributed by atoms with Crippen LogP contribution < -0.4 is 5.32 Å². The van der Waals surface area contributed by atoms with Crippen LogP contribution >= 0.6 is 0 Å². The standard InChI is InChI=1S/C15H33NO3/c1-5-7-15(13-16-12-14(2)3)19-11-10-18-9-6-8-17-4/h14-16H,5-13H2,1-4H3. The highest BCUT2D eigenvalue weighted by molar-refractivity contribution is 4.62. The molecule has 0 aliphatic carbocycles. The van der Waals surface area contributed by atoms with Crippen LogP contribution in [0.25, 0.3) is 0 Å². The minimum atomic E-state index is 0.311. The van der Waals surface area contributed by atoms with Gasteiger partial charge in [-0.25, -0.2) is 0 Å². The van der Waals surface area contributed by atoms with E-state index in [2.05, 4.69) is 26.1 Å². The van der Waals surface area contributed by atoms with E-state index < -0.39 is 0 Å². The van der Waals surface area contributed by atoms with Crippen molar-refractivity contribution in [3.63, 3.8) is 0 Å². The normalized spacial score (nSPS) is 13.1. The van der Waals surface area contributed by atoms with Gasteiger partial charge in [0.2, 0.25) is 0 Å². The van der Waals surface area contributed by atoms with Crippen LogP contribution in [0.15, 0.2) is 0 Å². The maximum Gasteiger partial charge on any atom is 0.0704 e. The Morgan fingerprint density at radius 2 is 1.79 bits per heavy atom. The molecule has 19 heavy (non-hydrogen) atoms. The molecule has 4 heteroatoms. The molecule has 1 atom stereocenters. The van der Waals surface area contributed by atoms with Gasteiger partial charge in [-0.3, -0.25) is 0 Å². The third-order valence-corrected chi connectivity index (χ3v) is 2.75. The van der Waals surface area contributed by atoms with Gasteiger partial charge in [-0.2, -0.15) is 0 Å². The fraction of sp³-hybridized carbons (Fsp3) is 1.00. The first-order valence-corrected chi connectivity index (χ1v) is 7.59. The number of hydrogen-bond acceptors (Lipinski definition) is 4. The average Bonchev–Trinajstić information content (AvgIpc) is 2.37. The Hall–Kier alpha value is -0.160. The first-order chi connectivity index (χ1) is 9.20. The summed E-state index contributed by atoms with van der Waals surface area (Å²) in [4.78, 5) is 0. The lowest BCUT2D eigenvalue weighted by molar-refractivity contribution is -0.00166. The highest BCUT2D eigenvalue weighted by Gasteiger charge is 2.07. The Morgan fingerprint density at radius 1 is 1.00 bits per heavy atom. The Labute approximate surface area is 119 Å². The Kier molecular flexibility index (Phi) is 14.1. The van der Waals surface area contributed by atoms with Gasteiger partial charge < -0.3 is 19.5 Å². The molecule has 0 saturated carbocycles. The smallest absolute Gasteiger partial charge is 0.0704 e. The molecule has 0 aromatic carbocycles. The molecular weight excluding hydrogens is 242 g/mol. The van der Waals surface area contributed by atoms with E-state index in [9.17, 15) is 0 Å². The van der Waals surface area contributed by atoms with Crippen molar-refractivity contribution in [1.29, 1.82) is 0 Å². The highest BCUT2D eigenvalue weighted by atomic mass is 16.5. The van der Waals surface area contributed by atoms with E-state index in [4.69, 9.17) is 14.2 Å². The summed E-state index contributed by atoms with van der Waals surface area (Å²) in [6, 6.07) is 0. The van der Waals surface area contributed by atoms with E-state index in [1.807, 2.05) is 0 Å². The van der Waals surface area contributed by atoms with Crippen molar-refractivity contribution in [1.82, 2.24) is 5.32 Å². The molecule has 0 bridgehead atoms. The lowest BCUT2D eigenvalue weighted by Crippen LogP contribution is -2.32. The number of hydrogen-bond donors (Lipinski definition) is 1. The van der Waals surface area contributed by atoms with Gasteiger partial charge in [-0.1, -0.05) is 27.2 Å². The minimum absolute atomic E-state index is 0.311. The molecule has 0 amide bonds. The van der Waals surface area contributed by atoms with Crippen LogP contribution in [-0.4, -0.2) is 52.7 Å². The van der Waals surface area contributed by atoms with Crippen LogP contribution in [0, 0.1) is 5.92 Å². The zero-order chi connectivity index (χ0) is 14.3. The minimum Gasteiger partial charge on any atom is -0.385 e. The summed E-state index contributed by atoms with van der Waals surface area (Å²) in [6.45, 7) is 11.5. The first-order valence-electron chi connectivity index (χ1n) is 7.59. The van der Waals surface area contributed by atoms with Crippen molar-refractivity contribution in [2.75, 3.05) is 46.6 Å². The van der Waals surface area contributed by atoms with Crippen molar-refractivity contribution < 1.29 is 14.2 Å². The van der Waals surface area contributed by atoms with Gasteiger partial charge in [0.05, 0.1) is 19.3 Å². The van der Waals surface area contributed by atoms with E-state index in [-0.39, 0.29) is 0 Å². The summed E-state index contributed by atoms with van der Waals surface area (Å²) < 4.78 is 16.3. The summed E-state index contributed by atoms with van der Waals surface area (Å²) in [7, 11) is 1.71. The predicted octanol–water partition coefficient (Wildman–Crippen LogP) is 2.47. The average molecular weight is 275 g/mol. The Balaban J connectivity index is 3.47. The van der Waals surface area contributed by atoms with Crippen molar-refractivity contribution in [2.24, 2.45) is 5.92 Å². The van der Waals surface area contributed by atoms with Gasteiger partial charge in [0.15, 0.2) is 0 Å². The van der Waals surface area contributed by atoms with Crippen LogP contribution in [0.2, 0.25) is 0 Å². The number of methoxy groups -OCH3 is 1. The van der Waals surface area contributed by atoms with Gasteiger partial charge in [0.25, 0.3) is 0 Å². The molecule has 1 N–H and O–H groups in total. The summed E-state index contributed by atoms with van der Waals surface area (Å²) in [6.07, 6.45) is 3.52. The second kappa shape index (κ2) is 14.3. The zero-order valence-corrected chi connectivity index (χ0v) is 13.2. The molecule has 0 spiro atoms. The molecule has 0 aromatic rings. The summed E-state index contributed by atoms with van der Waals surface area (Å²) in [5.74, 6) is 0.686. The molecule has 0 aliphatic heterocycles. The van der Waals surface area contributed by atoms with Crippen LogP contribution in [0.4, 0.5) is 0 Å².